The van der Waals surface area contributed by atoms with Crippen LogP contribution in [0, 0.1) is 13.8 Å². The topological polar surface area (TPSA) is 72.5 Å². The Bertz CT molecular complexity index is 1110. The van der Waals surface area contributed by atoms with Crippen molar-refractivity contribution in [3.05, 3.63) is 100 Å². The fourth-order valence-electron chi connectivity index (χ4n) is 3.24. The maximum absolute atomic E-state index is 13.0. The van der Waals surface area contributed by atoms with Crippen molar-refractivity contribution in [3.8, 4) is 0 Å². The number of anilines is 1. The van der Waals surface area contributed by atoms with Gasteiger partial charge < -0.3 is 10.1 Å². The molecule has 0 spiro atoms. The molecular formula is C26H24ClNO4. The number of nitrogens with one attached hydrogen (secondary N) is 1. The Balaban J connectivity index is 1.66. The molecule has 0 heterocycles. The first kappa shape index (κ1) is 23.2. The first-order valence-corrected chi connectivity index (χ1v) is 10.6. The van der Waals surface area contributed by atoms with Crippen molar-refractivity contribution in [2.45, 2.75) is 32.8 Å². The minimum Gasteiger partial charge on any atom is -0.449 e. The number of halogens is 1. The van der Waals surface area contributed by atoms with Gasteiger partial charge in [-0.2, -0.15) is 0 Å². The second-order valence-electron chi connectivity index (χ2n) is 7.52. The predicted molar refractivity (Wildman–Crippen MR) is 125 cm³/mol. The molecule has 32 heavy (non-hydrogen) atoms. The lowest BCUT2D eigenvalue weighted by Gasteiger charge is -2.18. The molecule has 0 aliphatic carbocycles. The second-order valence-corrected chi connectivity index (χ2v) is 7.95. The number of esters is 1. The number of carbonyl (C=O) groups excluding carboxylic acids is 3. The van der Waals surface area contributed by atoms with E-state index in [1.54, 1.807) is 54.6 Å². The standard InChI is InChI=1S/C26H24ClNO4/c1-17-8-13-22(18(2)16-17)28-23(29)14-15-24(30)32-26(20-9-11-21(27)12-10-20)25(31)19-6-4-3-5-7-19/h3-13,16,26H,14-15H2,1-2H3,(H,28,29)/t26-/m1/s1. The van der Waals surface area contributed by atoms with E-state index in [-0.39, 0.29) is 24.5 Å². The predicted octanol–water partition coefficient (Wildman–Crippen LogP) is 5.84. The largest absolute Gasteiger partial charge is 0.449 e. The van der Waals surface area contributed by atoms with Gasteiger partial charge in [0.1, 0.15) is 0 Å². The number of amides is 1. The van der Waals surface area contributed by atoms with E-state index in [0.29, 0.717) is 21.8 Å². The number of benzene rings is 3. The average molecular weight is 450 g/mol. The van der Waals surface area contributed by atoms with Crippen LogP contribution in [0.15, 0.2) is 72.8 Å². The minimum absolute atomic E-state index is 0.0565. The van der Waals surface area contributed by atoms with Gasteiger partial charge in [0, 0.05) is 28.3 Å². The molecule has 0 aromatic heterocycles. The van der Waals surface area contributed by atoms with Crippen molar-refractivity contribution in [2.24, 2.45) is 0 Å². The zero-order valence-corrected chi connectivity index (χ0v) is 18.7. The number of ether oxygens (including phenoxy) is 1. The number of hydrogen-bond acceptors (Lipinski definition) is 4. The van der Waals surface area contributed by atoms with Crippen LogP contribution in [0.1, 0.15) is 46.0 Å². The highest BCUT2D eigenvalue weighted by Gasteiger charge is 2.26. The number of rotatable bonds is 8. The number of carbonyl (C=O) groups is 3. The summed E-state index contributed by atoms with van der Waals surface area (Å²) in [7, 11) is 0. The summed E-state index contributed by atoms with van der Waals surface area (Å²) in [6, 6.07) is 20.9. The zero-order chi connectivity index (χ0) is 23.1. The van der Waals surface area contributed by atoms with Gasteiger partial charge in [0.2, 0.25) is 11.7 Å². The first-order valence-electron chi connectivity index (χ1n) is 10.2. The van der Waals surface area contributed by atoms with E-state index >= 15 is 0 Å². The summed E-state index contributed by atoms with van der Waals surface area (Å²) >= 11 is 5.95. The fourth-order valence-corrected chi connectivity index (χ4v) is 3.36. The van der Waals surface area contributed by atoms with Crippen molar-refractivity contribution < 1.29 is 19.1 Å². The second kappa shape index (κ2) is 10.7. The Hall–Kier alpha value is -3.44. The number of aryl methyl sites for hydroxylation is 2. The van der Waals surface area contributed by atoms with Crippen LogP contribution >= 0.6 is 11.6 Å². The van der Waals surface area contributed by atoms with Gasteiger partial charge in [-0.05, 0) is 37.6 Å². The number of hydrogen-bond donors (Lipinski definition) is 1. The molecule has 3 aromatic rings. The van der Waals surface area contributed by atoms with Gasteiger partial charge in [-0.15, -0.1) is 0 Å². The number of Topliss-reactive ketones (excluding diaryl/α,β-unsaturated/α-hetero) is 1. The highest BCUT2D eigenvalue weighted by Crippen LogP contribution is 2.25. The quantitative estimate of drug-likeness (QED) is 0.346. The monoisotopic (exact) mass is 449 g/mol. The van der Waals surface area contributed by atoms with Gasteiger partial charge in [-0.25, -0.2) is 0 Å². The summed E-state index contributed by atoms with van der Waals surface area (Å²) in [5, 5.41) is 3.31. The molecule has 0 saturated carbocycles. The van der Waals surface area contributed by atoms with E-state index < -0.39 is 12.1 Å². The lowest BCUT2D eigenvalue weighted by Crippen LogP contribution is -2.21. The number of ketones is 1. The summed E-state index contributed by atoms with van der Waals surface area (Å²) in [4.78, 5) is 37.8. The van der Waals surface area contributed by atoms with Gasteiger partial charge in [-0.3, -0.25) is 14.4 Å². The Kier molecular flexibility index (Phi) is 7.79. The molecule has 1 amide bonds. The van der Waals surface area contributed by atoms with Crippen LogP contribution in [-0.4, -0.2) is 17.7 Å². The van der Waals surface area contributed by atoms with Crippen molar-refractivity contribution in [1.82, 2.24) is 0 Å². The lowest BCUT2D eigenvalue weighted by atomic mass is 10.00. The molecule has 0 saturated heterocycles. The van der Waals surface area contributed by atoms with Gasteiger partial charge in [0.15, 0.2) is 6.10 Å². The Labute approximate surface area is 192 Å². The van der Waals surface area contributed by atoms with Crippen LogP contribution in [0.2, 0.25) is 5.02 Å². The molecule has 3 aromatic carbocycles. The van der Waals surface area contributed by atoms with Crippen LogP contribution in [0.25, 0.3) is 0 Å². The molecular weight excluding hydrogens is 426 g/mol. The maximum atomic E-state index is 13.0. The summed E-state index contributed by atoms with van der Waals surface area (Å²) < 4.78 is 5.52. The summed E-state index contributed by atoms with van der Waals surface area (Å²) in [5.41, 5.74) is 3.68. The van der Waals surface area contributed by atoms with Gasteiger partial charge in [-0.1, -0.05) is 71.8 Å². The average Bonchev–Trinajstić information content (AvgIpc) is 2.79. The van der Waals surface area contributed by atoms with E-state index in [2.05, 4.69) is 5.32 Å². The Morgan fingerprint density at radius 1 is 0.906 bits per heavy atom. The van der Waals surface area contributed by atoms with E-state index in [1.807, 2.05) is 32.0 Å². The summed E-state index contributed by atoms with van der Waals surface area (Å²) in [6.45, 7) is 3.88. The van der Waals surface area contributed by atoms with Gasteiger partial charge >= 0.3 is 5.97 Å². The normalized spacial score (nSPS) is 11.5. The molecule has 0 aliphatic heterocycles. The highest BCUT2D eigenvalue weighted by molar-refractivity contribution is 6.30. The van der Waals surface area contributed by atoms with Crippen molar-refractivity contribution >= 4 is 34.9 Å². The smallest absolute Gasteiger partial charge is 0.307 e. The fraction of sp³-hybridized carbons (Fsp3) is 0.192. The third-order valence-electron chi connectivity index (χ3n) is 4.93. The van der Waals surface area contributed by atoms with Crippen molar-refractivity contribution in [1.29, 1.82) is 0 Å². The Morgan fingerprint density at radius 2 is 1.59 bits per heavy atom. The maximum Gasteiger partial charge on any atom is 0.307 e. The third-order valence-corrected chi connectivity index (χ3v) is 5.18. The zero-order valence-electron chi connectivity index (χ0n) is 17.9. The van der Waals surface area contributed by atoms with E-state index in [4.69, 9.17) is 16.3 Å². The molecule has 1 atom stereocenters. The third kappa shape index (κ3) is 6.28. The minimum atomic E-state index is -1.12. The van der Waals surface area contributed by atoms with Crippen LogP contribution < -0.4 is 5.32 Å². The summed E-state index contributed by atoms with van der Waals surface area (Å²) in [6.07, 6.45) is -1.33. The van der Waals surface area contributed by atoms with E-state index in [9.17, 15) is 14.4 Å². The Morgan fingerprint density at radius 3 is 2.25 bits per heavy atom. The molecule has 3 rings (SSSR count). The molecule has 6 heteroatoms. The van der Waals surface area contributed by atoms with Crippen LogP contribution in [0.5, 0.6) is 0 Å². The van der Waals surface area contributed by atoms with E-state index in [1.165, 1.54) is 0 Å². The molecule has 0 radical (unpaired) electrons. The van der Waals surface area contributed by atoms with Crippen LogP contribution in [0.4, 0.5) is 5.69 Å². The summed E-state index contributed by atoms with van der Waals surface area (Å²) in [5.74, 6) is -1.28. The van der Waals surface area contributed by atoms with Crippen molar-refractivity contribution in [2.75, 3.05) is 5.32 Å². The van der Waals surface area contributed by atoms with Crippen LogP contribution in [0.3, 0.4) is 0 Å². The molecule has 5 nitrogen and oxygen atoms in total. The van der Waals surface area contributed by atoms with Crippen molar-refractivity contribution in [3.63, 3.8) is 0 Å². The van der Waals surface area contributed by atoms with Crippen LogP contribution in [-0.2, 0) is 14.3 Å². The molecule has 0 bridgehead atoms. The molecule has 1 N–H and O–H groups in total. The van der Waals surface area contributed by atoms with E-state index in [0.717, 1.165) is 11.1 Å². The molecule has 0 fully saturated rings. The molecule has 0 unspecified atom stereocenters. The van der Waals surface area contributed by atoms with Gasteiger partial charge in [0.25, 0.3) is 0 Å². The molecule has 0 aliphatic rings. The van der Waals surface area contributed by atoms with Gasteiger partial charge in [0.05, 0.1) is 6.42 Å². The SMILES string of the molecule is Cc1ccc(NC(=O)CCC(=O)O[C@@H](C(=O)c2ccccc2)c2ccc(Cl)cc2)c(C)c1. The highest BCUT2D eigenvalue weighted by atomic mass is 35.5. The molecule has 164 valence electrons. The first-order chi connectivity index (χ1) is 15.3. The lowest BCUT2D eigenvalue weighted by molar-refractivity contribution is -0.148.